The standard InChI is InChI=1S/C12H16FN3O/c13-8-1-2-11(15)10(7-8)12(17)16-5-3-9(14)4-6-16/h1-2,7,9H,3-6,14-15H2. The second-order valence-electron chi connectivity index (χ2n) is 4.36. The summed E-state index contributed by atoms with van der Waals surface area (Å²) in [5, 5.41) is 0. The Morgan fingerprint density at radius 1 is 1.35 bits per heavy atom. The maximum absolute atomic E-state index is 13.1. The minimum atomic E-state index is -0.448. The van der Waals surface area contributed by atoms with Crippen LogP contribution in [-0.4, -0.2) is 29.9 Å². The molecule has 0 atom stereocenters. The van der Waals surface area contributed by atoms with Gasteiger partial charge in [-0.1, -0.05) is 0 Å². The highest BCUT2D eigenvalue weighted by molar-refractivity contribution is 5.99. The summed E-state index contributed by atoms with van der Waals surface area (Å²) >= 11 is 0. The predicted molar refractivity (Wildman–Crippen MR) is 63.9 cm³/mol. The van der Waals surface area contributed by atoms with Crippen LogP contribution in [-0.2, 0) is 0 Å². The van der Waals surface area contributed by atoms with E-state index < -0.39 is 5.82 Å². The molecule has 4 N–H and O–H groups in total. The summed E-state index contributed by atoms with van der Waals surface area (Å²) in [4.78, 5) is 13.8. The zero-order valence-electron chi connectivity index (χ0n) is 9.53. The largest absolute Gasteiger partial charge is 0.398 e. The number of nitrogens with two attached hydrogens (primary N) is 2. The second-order valence-corrected chi connectivity index (χ2v) is 4.36. The number of carbonyl (C=O) groups excluding carboxylic acids is 1. The Labute approximate surface area is 99.4 Å². The highest BCUT2D eigenvalue weighted by Crippen LogP contribution is 2.18. The monoisotopic (exact) mass is 237 g/mol. The molecule has 0 saturated carbocycles. The number of anilines is 1. The van der Waals surface area contributed by atoms with Gasteiger partial charge in [0, 0.05) is 24.8 Å². The van der Waals surface area contributed by atoms with E-state index in [0.717, 1.165) is 12.8 Å². The lowest BCUT2D eigenvalue weighted by Gasteiger charge is -2.30. The Balaban J connectivity index is 2.16. The normalized spacial score (nSPS) is 17.2. The molecular formula is C12H16FN3O. The fourth-order valence-electron chi connectivity index (χ4n) is 1.99. The Morgan fingerprint density at radius 3 is 2.65 bits per heavy atom. The van der Waals surface area contributed by atoms with Gasteiger partial charge in [-0.05, 0) is 31.0 Å². The Kier molecular flexibility index (Phi) is 3.28. The summed E-state index contributed by atoms with van der Waals surface area (Å²) in [6.07, 6.45) is 1.56. The van der Waals surface area contributed by atoms with E-state index in [9.17, 15) is 9.18 Å². The first-order valence-corrected chi connectivity index (χ1v) is 5.68. The van der Waals surface area contributed by atoms with Gasteiger partial charge in [-0.25, -0.2) is 4.39 Å². The predicted octanol–water partition coefficient (Wildman–Crippen LogP) is 0.971. The van der Waals surface area contributed by atoms with Gasteiger partial charge in [0.1, 0.15) is 5.82 Å². The van der Waals surface area contributed by atoms with Crippen LogP contribution in [0, 0.1) is 5.82 Å². The average molecular weight is 237 g/mol. The van der Waals surface area contributed by atoms with Crippen molar-refractivity contribution in [1.29, 1.82) is 0 Å². The Hall–Kier alpha value is -1.62. The number of hydrogen-bond donors (Lipinski definition) is 2. The van der Waals surface area contributed by atoms with E-state index in [1.807, 2.05) is 0 Å². The maximum Gasteiger partial charge on any atom is 0.256 e. The number of halogens is 1. The van der Waals surface area contributed by atoms with Gasteiger partial charge in [0.05, 0.1) is 5.56 Å². The van der Waals surface area contributed by atoms with Gasteiger partial charge in [0.15, 0.2) is 0 Å². The molecule has 0 radical (unpaired) electrons. The molecule has 92 valence electrons. The van der Waals surface area contributed by atoms with Crippen molar-refractivity contribution in [3.8, 4) is 0 Å². The van der Waals surface area contributed by atoms with Gasteiger partial charge >= 0.3 is 0 Å². The molecular weight excluding hydrogens is 221 g/mol. The van der Waals surface area contributed by atoms with E-state index in [-0.39, 0.29) is 17.5 Å². The molecule has 1 fully saturated rings. The van der Waals surface area contributed by atoms with Gasteiger partial charge in [-0.2, -0.15) is 0 Å². The van der Waals surface area contributed by atoms with Gasteiger partial charge in [-0.3, -0.25) is 4.79 Å². The summed E-state index contributed by atoms with van der Waals surface area (Å²) in [5.41, 5.74) is 12.0. The molecule has 1 saturated heterocycles. The van der Waals surface area contributed by atoms with Crippen LogP contribution in [0.1, 0.15) is 23.2 Å². The van der Waals surface area contributed by atoms with E-state index in [2.05, 4.69) is 0 Å². The molecule has 1 amide bonds. The van der Waals surface area contributed by atoms with Gasteiger partial charge in [0.2, 0.25) is 0 Å². The molecule has 0 aliphatic carbocycles. The number of likely N-dealkylation sites (tertiary alicyclic amines) is 1. The molecule has 0 aromatic heterocycles. The molecule has 5 heteroatoms. The van der Waals surface area contributed by atoms with Crippen molar-refractivity contribution < 1.29 is 9.18 Å². The first kappa shape index (κ1) is 11.9. The number of amides is 1. The molecule has 1 aromatic carbocycles. The van der Waals surface area contributed by atoms with E-state index >= 15 is 0 Å². The van der Waals surface area contributed by atoms with E-state index in [4.69, 9.17) is 11.5 Å². The summed E-state index contributed by atoms with van der Waals surface area (Å²) < 4.78 is 13.1. The quantitative estimate of drug-likeness (QED) is 0.715. The minimum Gasteiger partial charge on any atom is -0.398 e. The number of nitrogen functional groups attached to an aromatic ring is 1. The lowest BCUT2D eigenvalue weighted by Crippen LogP contribution is -2.43. The second kappa shape index (κ2) is 4.71. The lowest BCUT2D eigenvalue weighted by atomic mass is 10.0. The van der Waals surface area contributed by atoms with Crippen molar-refractivity contribution in [2.75, 3.05) is 18.8 Å². The number of benzene rings is 1. The molecule has 1 aromatic rings. The Bertz CT molecular complexity index is 428. The summed E-state index contributed by atoms with van der Waals surface area (Å²) in [6, 6.07) is 4.01. The number of piperidine rings is 1. The first-order valence-electron chi connectivity index (χ1n) is 5.68. The van der Waals surface area contributed by atoms with Crippen molar-refractivity contribution in [2.24, 2.45) is 5.73 Å². The van der Waals surface area contributed by atoms with Crippen LogP contribution in [0.2, 0.25) is 0 Å². The summed E-state index contributed by atoms with van der Waals surface area (Å²) in [6.45, 7) is 1.21. The number of hydrogen-bond acceptors (Lipinski definition) is 3. The van der Waals surface area contributed by atoms with Gasteiger partial charge in [-0.15, -0.1) is 0 Å². The Morgan fingerprint density at radius 2 is 2.00 bits per heavy atom. The fraction of sp³-hybridized carbons (Fsp3) is 0.417. The molecule has 1 aliphatic heterocycles. The van der Waals surface area contributed by atoms with E-state index in [0.29, 0.717) is 18.8 Å². The fourth-order valence-corrected chi connectivity index (χ4v) is 1.99. The van der Waals surface area contributed by atoms with Crippen molar-refractivity contribution in [3.63, 3.8) is 0 Å². The molecule has 0 bridgehead atoms. The zero-order chi connectivity index (χ0) is 12.4. The summed E-state index contributed by atoms with van der Waals surface area (Å²) in [7, 11) is 0. The number of carbonyl (C=O) groups is 1. The van der Waals surface area contributed by atoms with Crippen LogP contribution >= 0.6 is 0 Å². The minimum absolute atomic E-state index is 0.156. The third-order valence-corrected chi connectivity index (χ3v) is 3.07. The van der Waals surface area contributed by atoms with Crippen LogP contribution in [0.4, 0.5) is 10.1 Å². The highest BCUT2D eigenvalue weighted by Gasteiger charge is 2.23. The van der Waals surface area contributed by atoms with Crippen molar-refractivity contribution in [3.05, 3.63) is 29.6 Å². The van der Waals surface area contributed by atoms with E-state index in [1.165, 1.54) is 18.2 Å². The third kappa shape index (κ3) is 2.55. The van der Waals surface area contributed by atoms with Gasteiger partial charge in [0.25, 0.3) is 5.91 Å². The molecule has 2 rings (SSSR count). The topological polar surface area (TPSA) is 72.4 Å². The molecule has 0 unspecified atom stereocenters. The third-order valence-electron chi connectivity index (χ3n) is 3.07. The lowest BCUT2D eigenvalue weighted by molar-refractivity contribution is 0.0715. The maximum atomic E-state index is 13.1. The molecule has 1 heterocycles. The summed E-state index contributed by atoms with van der Waals surface area (Å²) in [5.74, 6) is -0.662. The number of nitrogens with zero attached hydrogens (tertiary/aromatic N) is 1. The van der Waals surface area contributed by atoms with Crippen molar-refractivity contribution in [1.82, 2.24) is 4.90 Å². The van der Waals surface area contributed by atoms with Gasteiger partial charge < -0.3 is 16.4 Å². The molecule has 4 nitrogen and oxygen atoms in total. The molecule has 0 spiro atoms. The van der Waals surface area contributed by atoms with E-state index in [1.54, 1.807) is 4.90 Å². The average Bonchev–Trinajstić information content (AvgIpc) is 2.32. The molecule has 17 heavy (non-hydrogen) atoms. The van der Waals surface area contributed by atoms with Crippen molar-refractivity contribution >= 4 is 11.6 Å². The van der Waals surface area contributed by atoms with Crippen LogP contribution in [0.3, 0.4) is 0 Å². The van der Waals surface area contributed by atoms with Crippen molar-refractivity contribution in [2.45, 2.75) is 18.9 Å². The molecule has 1 aliphatic rings. The zero-order valence-corrected chi connectivity index (χ0v) is 9.53. The van der Waals surface area contributed by atoms with Crippen LogP contribution < -0.4 is 11.5 Å². The van der Waals surface area contributed by atoms with Crippen LogP contribution in [0.15, 0.2) is 18.2 Å². The van der Waals surface area contributed by atoms with Crippen LogP contribution in [0.5, 0.6) is 0 Å². The van der Waals surface area contributed by atoms with Crippen LogP contribution in [0.25, 0.3) is 0 Å². The highest BCUT2D eigenvalue weighted by atomic mass is 19.1. The first-order chi connectivity index (χ1) is 8.08. The SMILES string of the molecule is Nc1ccc(F)cc1C(=O)N1CCC(N)CC1. The number of rotatable bonds is 1. The smallest absolute Gasteiger partial charge is 0.256 e.